The van der Waals surface area contributed by atoms with Crippen molar-refractivity contribution in [2.45, 2.75) is 6.54 Å². The number of benzene rings is 1. The normalized spacial score (nSPS) is 14.6. The summed E-state index contributed by atoms with van der Waals surface area (Å²) >= 11 is 0. The molecule has 1 aromatic heterocycles. The van der Waals surface area contributed by atoms with Gasteiger partial charge < -0.3 is 21.3 Å². The first-order chi connectivity index (χ1) is 12.5. The monoisotopic (exact) mass is 436 g/mol. The zero-order chi connectivity index (χ0) is 18.5. The van der Waals surface area contributed by atoms with Gasteiger partial charge in [-0.05, 0) is 23.8 Å². The number of pyridine rings is 1. The molecule has 0 bridgehead atoms. The van der Waals surface area contributed by atoms with E-state index in [1.165, 1.54) is 6.07 Å². The lowest BCUT2D eigenvalue weighted by atomic mass is 10.2. The first-order valence-electron chi connectivity index (χ1n) is 8.33. The quantitative estimate of drug-likeness (QED) is 0.558. The number of anilines is 1. The van der Waals surface area contributed by atoms with Gasteiger partial charge in [-0.1, -0.05) is 18.2 Å². The van der Waals surface area contributed by atoms with E-state index in [1.807, 2.05) is 15.9 Å². The van der Waals surface area contributed by atoms with E-state index in [-0.39, 0.29) is 28.5 Å². The van der Waals surface area contributed by atoms with Gasteiger partial charge in [-0.2, -0.15) is 0 Å². The molecule has 0 aliphatic carbocycles. The average molecular weight is 437 g/mol. The van der Waals surface area contributed by atoms with E-state index >= 15 is 0 Å². The van der Waals surface area contributed by atoms with Crippen LogP contribution in [0.1, 0.15) is 16.1 Å². The van der Waals surface area contributed by atoms with Crippen LogP contribution in [0.3, 0.4) is 0 Å². The van der Waals surface area contributed by atoms with Gasteiger partial charge >= 0.3 is 0 Å². The molecule has 144 valence electrons. The molecule has 0 radical (unpaired) electrons. The number of carbonyl (C=O) groups excluding carboxylic acids is 1. The molecule has 1 aliphatic heterocycles. The molecule has 0 atom stereocenters. The number of carbonyl (C=O) groups is 1. The van der Waals surface area contributed by atoms with Gasteiger partial charge in [0.05, 0.1) is 12.2 Å². The second-order valence-electron chi connectivity index (χ2n) is 6.02. The standard InChI is InChI=1S/C18H21FN6O.BrH/c19-14-3-1-2-4-16(14)24-7-9-25(10-8-24)18(21)23-12-13-5-6-15(17(20)26)22-11-13;/h1-6,11H,7-10,12H2,(H2,20,26)(H2,21,23);1H. The molecule has 1 fully saturated rings. The Kier molecular flexibility index (Phi) is 7.12. The maximum absolute atomic E-state index is 13.9. The highest BCUT2D eigenvalue weighted by Crippen LogP contribution is 2.20. The predicted molar refractivity (Wildman–Crippen MR) is 109 cm³/mol. The minimum atomic E-state index is -0.563. The van der Waals surface area contributed by atoms with Crippen molar-refractivity contribution in [1.29, 1.82) is 0 Å². The first-order valence-corrected chi connectivity index (χ1v) is 8.33. The second-order valence-corrected chi connectivity index (χ2v) is 6.02. The molecule has 2 aromatic rings. The van der Waals surface area contributed by atoms with E-state index in [9.17, 15) is 9.18 Å². The number of piperazine rings is 1. The van der Waals surface area contributed by atoms with Crippen LogP contribution >= 0.6 is 17.0 Å². The summed E-state index contributed by atoms with van der Waals surface area (Å²) < 4.78 is 13.9. The highest BCUT2D eigenvalue weighted by atomic mass is 79.9. The van der Waals surface area contributed by atoms with Gasteiger partial charge in [0.1, 0.15) is 11.5 Å². The summed E-state index contributed by atoms with van der Waals surface area (Å²) in [5, 5.41) is 0. The number of halogens is 2. The molecular weight excluding hydrogens is 415 g/mol. The van der Waals surface area contributed by atoms with Gasteiger partial charge in [0, 0.05) is 32.4 Å². The molecule has 0 unspecified atom stereocenters. The van der Waals surface area contributed by atoms with Crippen LogP contribution in [0.25, 0.3) is 0 Å². The van der Waals surface area contributed by atoms with E-state index in [4.69, 9.17) is 11.5 Å². The van der Waals surface area contributed by atoms with Crippen molar-refractivity contribution in [3.63, 3.8) is 0 Å². The number of aromatic nitrogens is 1. The number of nitrogens with two attached hydrogens (primary N) is 2. The molecule has 7 nitrogen and oxygen atoms in total. The van der Waals surface area contributed by atoms with Crippen LogP contribution < -0.4 is 16.4 Å². The predicted octanol–water partition coefficient (Wildman–Crippen LogP) is 1.53. The Balaban J connectivity index is 0.00000261. The van der Waals surface area contributed by atoms with E-state index in [0.29, 0.717) is 44.4 Å². The van der Waals surface area contributed by atoms with Crippen LogP contribution in [0.4, 0.5) is 10.1 Å². The third kappa shape index (κ3) is 5.16. The fraction of sp³-hybridized carbons (Fsp3) is 0.278. The van der Waals surface area contributed by atoms with Crippen LogP contribution in [-0.2, 0) is 6.54 Å². The summed E-state index contributed by atoms with van der Waals surface area (Å²) in [7, 11) is 0. The SMILES string of the molecule is Br.NC(=O)c1ccc(CN=C(N)N2CCN(c3ccccc3F)CC2)cn1. The van der Waals surface area contributed by atoms with Crippen LogP contribution in [0, 0.1) is 5.82 Å². The summed E-state index contributed by atoms with van der Waals surface area (Å²) in [6.07, 6.45) is 1.56. The van der Waals surface area contributed by atoms with Crippen LogP contribution in [0.2, 0.25) is 0 Å². The molecule has 9 heteroatoms. The van der Waals surface area contributed by atoms with Crippen molar-refractivity contribution < 1.29 is 9.18 Å². The average Bonchev–Trinajstić information content (AvgIpc) is 2.67. The number of primary amides is 1. The number of hydrogen-bond acceptors (Lipinski definition) is 4. The molecule has 2 heterocycles. The van der Waals surface area contributed by atoms with Crippen LogP contribution in [-0.4, -0.2) is 47.9 Å². The van der Waals surface area contributed by atoms with E-state index in [0.717, 1.165) is 5.56 Å². The number of hydrogen-bond donors (Lipinski definition) is 2. The fourth-order valence-corrected chi connectivity index (χ4v) is 2.82. The lowest BCUT2D eigenvalue weighted by Crippen LogP contribution is -2.51. The molecule has 4 N–H and O–H groups in total. The van der Waals surface area contributed by atoms with Crippen molar-refractivity contribution in [3.05, 3.63) is 59.7 Å². The number of para-hydroxylation sites is 1. The summed E-state index contributed by atoms with van der Waals surface area (Å²) in [4.78, 5) is 23.4. The number of rotatable bonds is 4. The van der Waals surface area contributed by atoms with Gasteiger partial charge in [-0.25, -0.2) is 9.38 Å². The topological polar surface area (TPSA) is 101 Å². The Morgan fingerprint density at radius 1 is 1.11 bits per heavy atom. The first kappa shape index (κ1) is 20.6. The van der Waals surface area contributed by atoms with Gasteiger partial charge in [0.2, 0.25) is 0 Å². The van der Waals surface area contributed by atoms with Crippen molar-refractivity contribution in [2.24, 2.45) is 16.5 Å². The molecule has 3 rings (SSSR count). The lowest BCUT2D eigenvalue weighted by molar-refractivity contribution is 0.0995. The molecule has 0 spiro atoms. The molecule has 1 saturated heterocycles. The fourth-order valence-electron chi connectivity index (χ4n) is 2.82. The number of amides is 1. The van der Waals surface area contributed by atoms with Gasteiger partial charge in [-0.3, -0.25) is 9.78 Å². The van der Waals surface area contributed by atoms with Crippen molar-refractivity contribution in [1.82, 2.24) is 9.88 Å². The molecule has 1 aromatic carbocycles. The molecular formula is C18H22BrFN6O. The van der Waals surface area contributed by atoms with Crippen molar-refractivity contribution in [3.8, 4) is 0 Å². The number of nitrogens with zero attached hydrogens (tertiary/aromatic N) is 4. The molecule has 0 saturated carbocycles. The van der Waals surface area contributed by atoms with Gasteiger partial charge in [0.15, 0.2) is 5.96 Å². The smallest absolute Gasteiger partial charge is 0.267 e. The largest absolute Gasteiger partial charge is 0.370 e. The minimum absolute atomic E-state index is 0. The maximum Gasteiger partial charge on any atom is 0.267 e. The van der Waals surface area contributed by atoms with E-state index < -0.39 is 5.91 Å². The van der Waals surface area contributed by atoms with Crippen molar-refractivity contribution in [2.75, 3.05) is 31.1 Å². The lowest BCUT2D eigenvalue weighted by Gasteiger charge is -2.36. The summed E-state index contributed by atoms with van der Waals surface area (Å²) in [6.45, 7) is 3.05. The molecule has 1 aliphatic rings. The second kappa shape index (κ2) is 9.31. The Hall–Kier alpha value is -2.68. The third-order valence-electron chi connectivity index (χ3n) is 4.30. The maximum atomic E-state index is 13.9. The van der Waals surface area contributed by atoms with Crippen molar-refractivity contribution >= 4 is 34.5 Å². The highest BCUT2D eigenvalue weighted by Gasteiger charge is 2.20. The third-order valence-corrected chi connectivity index (χ3v) is 4.30. The van der Waals surface area contributed by atoms with E-state index in [1.54, 1.807) is 30.5 Å². The Labute approximate surface area is 167 Å². The summed E-state index contributed by atoms with van der Waals surface area (Å²) in [6, 6.07) is 10.1. The Morgan fingerprint density at radius 2 is 1.81 bits per heavy atom. The summed E-state index contributed by atoms with van der Waals surface area (Å²) in [5.74, 6) is -0.334. The minimum Gasteiger partial charge on any atom is -0.370 e. The summed E-state index contributed by atoms with van der Waals surface area (Å²) in [5.41, 5.74) is 12.9. The van der Waals surface area contributed by atoms with Gasteiger partial charge in [0.25, 0.3) is 5.91 Å². The zero-order valence-corrected chi connectivity index (χ0v) is 16.4. The van der Waals surface area contributed by atoms with Gasteiger partial charge in [-0.15, -0.1) is 17.0 Å². The molecule has 1 amide bonds. The zero-order valence-electron chi connectivity index (χ0n) is 14.7. The Morgan fingerprint density at radius 3 is 2.41 bits per heavy atom. The number of guanidine groups is 1. The van der Waals surface area contributed by atoms with E-state index in [2.05, 4.69) is 9.98 Å². The van der Waals surface area contributed by atoms with Crippen LogP contribution in [0.5, 0.6) is 0 Å². The van der Waals surface area contributed by atoms with Crippen LogP contribution in [0.15, 0.2) is 47.6 Å². The highest BCUT2D eigenvalue weighted by molar-refractivity contribution is 8.93. The number of aliphatic imine (C=N–C) groups is 1. The Bertz CT molecular complexity index is 806. The molecule has 27 heavy (non-hydrogen) atoms.